The van der Waals surface area contributed by atoms with Crippen molar-refractivity contribution in [3.8, 4) is 0 Å². The number of amides is 1. The predicted molar refractivity (Wildman–Crippen MR) is 102 cm³/mol. The molecule has 0 fully saturated rings. The minimum atomic E-state index is -0.796. The molecule has 0 aliphatic carbocycles. The van der Waals surface area contributed by atoms with Crippen LogP contribution < -0.4 is 0 Å². The molecule has 0 saturated heterocycles. The van der Waals surface area contributed by atoms with Gasteiger partial charge in [-0.05, 0) is 30.5 Å². The molecule has 0 bridgehead atoms. The first-order chi connectivity index (χ1) is 12.6. The molecule has 0 saturated carbocycles. The second-order valence-electron chi connectivity index (χ2n) is 6.35. The van der Waals surface area contributed by atoms with Crippen molar-refractivity contribution in [2.45, 2.75) is 38.5 Å². The molecule has 1 amide bonds. The van der Waals surface area contributed by atoms with Gasteiger partial charge in [0.1, 0.15) is 0 Å². The van der Waals surface area contributed by atoms with Crippen LogP contribution in [0, 0.1) is 0 Å². The Bertz CT molecular complexity index is 713. The van der Waals surface area contributed by atoms with Gasteiger partial charge in [0.25, 0.3) is 0 Å². The van der Waals surface area contributed by atoms with Gasteiger partial charge in [-0.15, -0.1) is 0 Å². The molecule has 0 aliphatic heterocycles. The number of aliphatic hydroxyl groups excluding tert-OH is 1. The number of aliphatic hydroxyl groups is 1. The highest BCUT2D eigenvalue weighted by atomic mass is 16.3. The van der Waals surface area contributed by atoms with E-state index in [4.69, 9.17) is 0 Å². The molecule has 26 heavy (non-hydrogen) atoms. The van der Waals surface area contributed by atoms with Crippen molar-refractivity contribution < 1.29 is 14.7 Å². The zero-order valence-corrected chi connectivity index (χ0v) is 15.0. The average molecular weight is 351 g/mol. The molecule has 4 heteroatoms. The van der Waals surface area contributed by atoms with Crippen LogP contribution in [-0.4, -0.2) is 28.2 Å². The van der Waals surface area contributed by atoms with E-state index in [0.717, 1.165) is 17.5 Å². The highest BCUT2D eigenvalue weighted by molar-refractivity contribution is 5.90. The summed E-state index contributed by atoms with van der Waals surface area (Å²) in [6.45, 7) is 2.49. The summed E-state index contributed by atoms with van der Waals surface area (Å²) in [6, 6.07) is 18.9. The van der Waals surface area contributed by atoms with E-state index < -0.39 is 6.10 Å². The summed E-state index contributed by atoms with van der Waals surface area (Å²) in [5, 5.41) is 10.1. The largest absolute Gasteiger partial charge is 0.388 e. The summed E-state index contributed by atoms with van der Waals surface area (Å²) in [4.78, 5) is 25.1. The first-order valence-corrected chi connectivity index (χ1v) is 8.77. The number of hydrogen-bond acceptors (Lipinski definition) is 3. The van der Waals surface area contributed by atoms with E-state index in [1.807, 2.05) is 55.5 Å². The van der Waals surface area contributed by atoms with Crippen molar-refractivity contribution in [3.05, 3.63) is 83.9 Å². The number of allylic oxidation sites excluding steroid dienone is 1. The van der Waals surface area contributed by atoms with Crippen LogP contribution >= 0.6 is 0 Å². The fourth-order valence-electron chi connectivity index (χ4n) is 2.67. The monoisotopic (exact) mass is 351 g/mol. The van der Waals surface area contributed by atoms with Crippen LogP contribution in [0.1, 0.15) is 37.0 Å². The SMILES string of the molecule is C[C@@H](C/C=C/C(=O)C[C@@H](O)c1ccccc1)N(C=O)Cc1ccccc1. The number of ketones is 1. The minimum Gasteiger partial charge on any atom is -0.388 e. The Balaban J connectivity index is 1.82. The third-order valence-electron chi connectivity index (χ3n) is 4.27. The van der Waals surface area contributed by atoms with Crippen LogP contribution in [0.25, 0.3) is 0 Å². The number of hydrogen-bond donors (Lipinski definition) is 1. The van der Waals surface area contributed by atoms with E-state index in [1.54, 1.807) is 23.1 Å². The van der Waals surface area contributed by atoms with Crippen LogP contribution in [0.2, 0.25) is 0 Å². The number of benzene rings is 2. The summed E-state index contributed by atoms with van der Waals surface area (Å²) in [6.07, 6.45) is 3.94. The number of carbonyl (C=O) groups excluding carboxylic acids is 2. The molecule has 2 rings (SSSR count). The maximum atomic E-state index is 12.0. The summed E-state index contributed by atoms with van der Waals surface area (Å²) in [5.74, 6) is -0.130. The Morgan fingerprint density at radius 2 is 1.69 bits per heavy atom. The Hall–Kier alpha value is -2.72. The molecule has 2 atom stereocenters. The summed E-state index contributed by atoms with van der Waals surface area (Å²) in [7, 11) is 0. The number of rotatable bonds is 10. The van der Waals surface area contributed by atoms with E-state index in [2.05, 4.69) is 0 Å². The van der Waals surface area contributed by atoms with Crippen molar-refractivity contribution >= 4 is 12.2 Å². The molecule has 1 N–H and O–H groups in total. The van der Waals surface area contributed by atoms with Crippen LogP contribution in [0.15, 0.2) is 72.8 Å². The molecule has 0 spiro atoms. The molecule has 0 heterocycles. The third kappa shape index (κ3) is 6.30. The summed E-state index contributed by atoms with van der Waals surface area (Å²) < 4.78 is 0. The van der Waals surface area contributed by atoms with Crippen molar-refractivity contribution in [1.29, 1.82) is 0 Å². The summed E-state index contributed by atoms with van der Waals surface area (Å²) >= 11 is 0. The molecular formula is C22H25NO3. The zero-order chi connectivity index (χ0) is 18.8. The van der Waals surface area contributed by atoms with Gasteiger partial charge in [-0.2, -0.15) is 0 Å². The quantitative estimate of drug-likeness (QED) is 0.525. The molecule has 0 radical (unpaired) electrons. The standard InChI is InChI=1S/C22H25NO3/c1-18(23(17-24)16-19-10-4-2-5-11-19)9-8-14-21(25)15-22(26)20-12-6-3-7-13-20/h2-8,10-14,17-18,22,26H,9,15-16H2,1H3/b14-8+/t18-,22+/m0/s1. The van der Waals surface area contributed by atoms with Crippen LogP contribution in [0.3, 0.4) is 0 Å². The van der Waals surface area contributed by atoms with Gasteiger partial charge >= 0.3 is 0 Å². The second-order valence-corrected chi connectivity index (χ2v) is 6.35. The smallest absolute Gasteiger partial charge is 0.210 e. The van der Waals surface area contributed by atoms with Crippen molar-refractivity contribution in [1.82, 2.24) is 4.90 Å². The van der Waals surface area contributed by atoms with Gasteiger partial charge < -0.3 is 10.0 Å². The van der Waals surface area contributed by atoms with Crippen molar-refractivity contribution in [2.24, 2.45) is 0 Å². The molecule has 0 unspecified atom stereocenters. The highest BCUT2D eigenvalue weighted by Crippen LogP contribution is 2.16. The van der Waals surface area contributed by atoms with E-state index in [-0.39, 0.29) is 18.2 Å². The normalized spacial score (nSPS) is 13.3. The molecule has 0 aliphatic rings. The summed E-state index contributed by atoms with van der Waals surface area (Å²) in [5.41, 5.74) is 1.80. The third-order valence-corrected chi connectivity index (χ3v) is 4.27. The maximum absolute atomic E-state index is 12.0. The topological polar surface area (TPSA) is 57.6 Å². The molecular weight excluding hydrogens is 326 g/mol. The van der Waals surface area contributed by atoms with Gasteiger partial charge in [-0.1, -0.05) is 66.7 Å². The minimum absolute atomic E-state index is 0.0178. The van der Waals surface area contributed by atoms with Crippen molar-refractivity contribution in [2.75, 3.05) is 0 Å². The molecule has 2 aromatic rings. The Labute approximate surface area is 154 Å². The van der Waals surface area contributed by atoms with E-state index in [1.165, 1.54) is 6.08 Å². The van der Waals surface area contributed by atoms with E-state index >= 15 is 0 Å². The van der Waals surface area contributed by atoms with Crippen molar-refractivity contribution in [3.63, 3.8) is 0 Å². The van der Waals surface area contributed by atoms with Gasteiger partial charge in [0.2, 0.25) is 6.41 Å². The van der Waals surface area contributed by atoms with Crippen LogP contribution in [-0.2, 0) is 16.1 Å². The van der Waals surface area contributed by atoms with Gasteiger partial charge in [0, 0.05) is 19.0 Å². The first kappa shape index (κ1) is 19.6. The Kier molecular flexibility index (Phi) is 7.77. The number of nitrogens with zero attached hydrogens (tertiary/aromatic N) is 1. The van der Waals surface area contributed by atoms with Gasteiger partial charge in [-0.25, -0.2) is 0 Å². The fraction of sp³-hybridized carbons (Fsp3) is 0.273. The average Bonchev–Trinajstić information content (AvgIpc) is 2.67. The predicted octanol–water partition coefficient (Wildman–Crippen LogP) is 3.67. The molecule has 0 aromatic heterocycles. The molecule has 136 valence electrons. The Morgan fingerprint density at radius 1 is 1.08 bits per heavy atom. The van der Waals surface area contributed by atoms with Gasteiger partial charge in [0.15, 0.2) is 5.78 Å². The van der Waals surface area contributed by atoms with Gasteiger partial charge in [0.05, 0.1) is 6.10 Å². The zero-order valence-electron chi connectivity index (χ0n) is 15.0. The second kappa shape index (κ2) is 10.3. The fourth-order valence-corrected chi connectivity index (χ4v) is 2.67. The first-order valence-electron chi connectivity index (χ1n) is 8.77. The highest BCUT2D eigenvalue weighted by Gasteiger charge is 2.12. The number of carbonyl (C=O) groups is 2. The maximum Gasteiger partial charge on any atom is 0.210 e. The van der Waals surface area contributed by atoms with Gasteiger partial charge in [-0.3, -0.25) is 9.59 Å². The molecule has 2 aromatic carbocycles. The Morgan fingerprint density at radius 3 is 2.31 bits per heavy atom. The molecule has 4 nitrogen and oxygen atoms in total. The van der Waals surface area contributed by atoms with E-state index in [0.29, 0.717) is 13.0 Å². The lowest BCUT2D eigenvalue weighted by molar-refractivity contribution is -0.120. The van der Waals surface area contributed by atoms with Crippen LogP contribution in [0.4, 0.5) is 0 Å². The lowest BCUT2D eigenvalue weighted by Gasteiger charge is -2.24. The van der Waals surface area contributed by atoms with E-state index in [9.17, 15) is 14.7 Å². The lowest BCUT2D eigenvalue weighted by atomic mass is 10.0. The van der Waals surface area contributed by atoms with Crippen LogP contribution in [0.5, 0.6) is 0 Å². The lowest BCUT2D eigenvalue weighted by Crippen LogP contribution is -2.30.